The molecule has 2 unspecified atom stereocenters. The highest BCUT2D eigenvalue weighted by Gasteiger charge is 2.26. The molecule has 0 amide bonds. The van der Waals surface area contributed by atoms with Crippen LogP contribution in [0.1, 0.15) is 30.7 Å². The lowest BCUT2D eigenvalue weighted by atomic mass is 10.1. The van der Waals surface area contributed by atoms with Gasteiger partial charge in [-0.2, -0.15) is 0 Å². The van der Waals surface area contributed by atoms with E-state index in [-0.39, 0.29) is 12.7 Å². The summed E-state index contributed by atoms with van der Waals surface area (Å²) in [7, 11) is 0. The molecule has 0 bridgehead atoms. The second-order valence-electron chi connectivity index (χ2n) is 5.73. The van der Waals surface area contributed by atoms with Gasteiger partial charge in [0.1, 0.15) is 0 Å². The second-order valence-corrected chi connectivity index (χ2v) is 6.93. The van der Waals surface area contributed by atoms with Gasteiger partial charge >= 0.3 is 0 Å². The summed E-state index contributed by atoms with van der Waals surface area (Å²) in [6.07, 6.45) is 3.01. The van der Waals surface area contributed by atoms with E-state index in [1.165, 1.54) is 9.88 Å². The van der Waals surface area contributed by atoms with Crippen molar-refractivity contribution in [3.8, 4) is 0 Å². The number of ether oxygens (including phenoxy) is 1. The van der Waals surface area contributed by atoms with E-state index in [0.29, 0.717) is 18.6 Å². The van der Waals surface area contributed by atoms with Crippen LogP contribution in [0.5, 0.6) is 0 Å². The van der Waals surface area contributed by atoms with E-state index < -0.39 is 0 Å². The Labute approximate surface area is 119 Å². The molecule has 1 aromatic heterocycles. The molecule has 0 radical (unpaired) electrons. The van der Waals surface area contributed by atoms with Gasteiger partial charge < -0.3 is 9.84 Å². The van der Waals surface area contributed by atoms with Gasteiger partial charge in [-0.15, -0.1) is 11.3 Å². The van der Waals surface area contributed by atoms with Crippen LogP contribution in [0, 0.1) is 5.92 Å². The number of hydrogen-bond acceptors (Lipinski definition) is 5. The van der Waals surface area contributed by atoms with E-state index in [1.807, 2.05) is 17.5 Å². The Morgan fingerprint density at radius 2 is 2.37 bits per heavy atom. The van der Waals surface area contributed by atoms with E-state index in [0.717, 1.165) is 19.5 Å². The van der Waals surface area contributed by atoms with E-state index in [2.05, 4.69) is 30.7 Å². The predicted octanol–water partition coefficient (Wildman–Crippen LogP) is 1.92. The third kappa shape index (κ3) is 4.24. The van der Waals surface area contributed by atoms with Crippen LogP contribution in [0.25, 0.3) is 0 Å². The number of aliphatic hydroxyl groups excluding tert-OH is 1. The van der Waals surface area contributed by atoms with Gasteiger partial charge in [-0.1, -0.05) is 13.8 Å². The van der Waals surface area contributed by atoms with E-state index in [1.54, 1.807) is 0 Å². The van der Waals surface area contributed by atoms with Gasteiger partial charge in [0, 0.05) is 36.6 Å². The molecule has 1 aliphatic rings. The minimum atomic E-state index is -0.0424. The zero-order valence-corrected chi connectivity index (χ0v) is 12.8. The maximum absolute atomic E-state index is 9.20. The number of aromatic nitrogens is 1. The zero-order valence-electron chi connectivity index (χ0n) is 12.0. The van der Waals surface area contributed by atoms with Gasteiger partial charge in [-0.25, -0.2) is 4.98 Å². The van der Waals surface area contributed by atoms with Crippen LogP contribution in [0.3, 0.4) is 0 Å². The van der Waals surface area contributed by atoms with E-state index >= 15 is 0 Å². The summed E-state index contributed by atoms with van der Waals surface area (Å²) in [6, 6.07) is 0.401. The van der Waals surface area contributed by atoms with Crippen molar-refractivity contribution in [1.82, 2.24) is 9.88 Å². The molecule has 5 heteroatoms. The molecule has 0 saturated carbocycles. The van der Waals surface area contributed by atoms with Gasteiger partial charge in [-0.05, 0) is 12.8 Å². The predicted molar refractivity (Wildman–Crippen MR) is 77.4 cm³/mol. The molecular weight excluding hydrogens is 260 g/mol. The van der Waals surface area contributed by atoms with Crippen molar-refractivity contribution in [1.29, 1.82) is 0 Å². The molecule has 1 saturated heterocycles. The largest absolute Gasteiger partial charge is 0.394 e. The Morgan fingerprint density at radius 3 is 3.05 bits per heavy atom. The second kappa shape index (κ2) is 6.79. The molecule has 0 aliphatic carbocycles. The quantitative estimate of drug-likeness (QED) is 0.897. The normalized spacial score (nSPS) is 25.1. The van der Waals surface area contributed by atoms with Crippen LogP contribution in [-0.4, -0.2) is 46.9 Å². The fraction of sp³-hybridized carbons (Fsp3) is 0.786. The fourth-order valence-corrected chi connectivity index (χ4v) is 3.43. The molecule has 1 N–H and O–H groups in total. The number of aliphatic hydroxyl groups is 1. The first-order chi connectivity index (χ1) is 9.08. The minimum absolute atomic E-state index is 0.0424. The SMILES string of the molecule is CC(C)Cc1ncc(CN2CC(CO)OCC2C)s1. The first kappa shape index (κ1) is 14.9. The summed E-state index contributed by atoms with van der Waals surface area (Å²) >= 11 is 1.81. The van der Waals surface area contributed by atoms with Crippen LogP contribution in [0.2, 0.25) is 0 Å². The van der Waals surface area contributed by atoms with Crippen LogP contribution in [-0.2, 0) is 17.7 Å². The number of morpholine rings is 1. The van der Waals surface area contributed by atoms with Gasteiger partial charge in [0.15, 0.2) is 0 Å². The van der Waals surface area contributed by atoms with Crippen LogP contribution >= 0.6 is 11.3 Å². The van der Waals surface area contributed by atoms with Crippen molar-refractivity contribution < 1.29 is 9.84 Å². The highest BCUT2D eigenvalue weighted by atomic mass is 32.1. The van der Waals surface area contributed by atoms with Crippen LogP contribution in [0.15, 0.2) is 6.20 Å². The lowest BCUT2D eigenvalue weighted by Gasteiger charge is -2.37. The van der Waals surface area contributed by atoms with E-state index in [9.17, 15) is 5.11 Å². The number of thiazole rings is 1. The Bertz CT molecular complexity index is 395. The molecule has 0 aromatic carbocycles. The summed E-state index contributed by atoms with van der Waals surface area (Å²) in [6.45, 7) is 9.12. The van der Waals surface area contributed by atoms with Gasteiger partial charge in [0.2, 0.25) is 0 Å². The van der Waals surface area contributed by atoms with Crippen molar-refractivity contribution in [2.75, 3.05) is 19.8 Å². The number of nitrogens with zero attached hydrogens (tertiary/aromatic N) is 2. The Morgan fingerprint density at radius 1 is 1.58 bits per heavy atom. The summed E-state index contributed by atoms with van der Waals surface area (Å²) in [5.41, 5.74) is 0. The molecule has 108 valence electrons. The number of rotatable bonds is 5. The molecular formula is C14H24N2O2S. The summed E-state index contributed by atoms with van der Waals surface area (Å²) < 4.78 is 5.56. The molecule has 2 heterocycles. The third-order valence-electron chi connectivity index (χ3n) is 3.38. The maximum atomic E-state index is 9.20. The first-order valence-corrected chi connectivity index (χ1v) is 7.80. The fourth-order valence-electron chi connectivity index (χ4n) is 2.27. The van der Waals surface area contributed by atoms with Gasteiger partial charge in [0.05, 0.1) is 24.3 Å². The molecule has 4 nitrogen and oxygen atoms in total. The molecule has 0 spiro atoms. The number of hydrogen-bond donors (Lipinski definition) is 1. The minimum Gasteiger partial charge on any atom is -0.394 e. The zero-order chi connectivity index (χ0) is 13.8. The lowest BCUT2D eigenvalue weighted by Crippen LogP contribution is -2.48. The molecule has 1 aromatic rings. The first-order valence-electron chi connectivity index (χ1n) is 6.98. The van der Waals surface area contributed by atoms with Crippen LogP contribution in [0.4, 0.5) is 0 Å². The Balaban J connectivity index is 1.93. The molecule has 1 aliphatic heterocycles. The average Bonchev–Trinajstić information content (AvgIpc) is 2.78. The van der Waals surface area contributed by atoms with Crippen molar-refractivity contribution >= 4 is 11.3 Å². The molecule has 2 rings (SSSR count). The average molecular weight is 284 g/mol. The molecule has 1 fully saturated rings. The highest BCUT2D eigenvalue weighted by molar-refractivity contribution is 7.11. The van der Waals surface area contributed by atoms with Gasteiger partial charge in [0.25, 0.3) is 0 Å². The van der Waals surface area contributed by atoms with Crippen molar-refractivity contribution in [3.05, 3.63) is 16.1 Å². The standard InChI is InChI=1S/C14H24N2O2S/c1-10(2)4-14-15-5-13(19-14)7-16-6-12(8-17)18-9-11(16)3/h5,10-12,17H,4,6-9H2,1-3H3. The Hall–Kier alpha value is -0.490. The maximum Gasteiger partial charge on any atom is 0.0933 e. The molecule has 2 atom stereocenters. The van der Waals surface area contributed by atoms with E-state index in [4.69, 9.17) is 4.74 Å². The van der Waals surface area contributed by atoms with Crippen LogP contribution < -0.4 is 0 Å². The third-order valence-corrected chi connectivity index (χ3v) is 4.39. The highest BCUT2D eigenvalue weighted by Crippen LogP contribution is 2.21. The van der Waals surface area contributed by atoms with Crippen molar-refractivity contribution in [2.45, 2.75) is 45.9 Å². The summed E-state index contributed by atoms with van der Waals surface area (Å²) in [4.78, 5) is 8.18. The topological polar surface area (TPSA) is 45.6 Å². The van der Waals surface area contributed by atoms with Crippen molar-refractivity contribution in [3.63, 3.8) is 0 Å². The Kier molecular flexibility index (Phi) is 5.33. The summed E-state index contributed by atoms with van der Waals surface area (Å²) in [5.74, 6) is 0.653. The smallest absolute Gasteiger partial charge is 0.0933 e. The van der Waals surface area contributed by atoms with Gasteiger partial charge in [-0.3, -0.25) is 4.90 Å². The monoisotopic (exact) mass is 284 g/mol. The molecule has 19 heavy (non-hydrogen) atoms. The van der Waals surface area contributed by atoms with Crippen molar-refractivity contribution in [2.24, 2.45) is 5.92 Å². The summed E-state index contributed by atoms with van der Waals surface area (Å²) in [5, 5.41) is 10.4. The lowest BCUT2D eigenvalue weighted by molar-refractivity contribution is -0.0803.